The van der Waals surface area contributed by atoms with Gasteiger partial charge in [0, 0.05) is 39.4 Å². The van der Waals surface area contributed by atoms with Crippen LogP contribution in [0.1, 0.15) is 43.7 Å². The van der Waals surface area contributed by atoms with Gasteiger partial charge in [-0.2, -0.15) is 5.26 Å². The number of benzene rings is 2. The number of aromatic nitrogens is 1. The molecule has 7 heteroatoms. The second-order valence-electron chi connectivity index (χ2n) is 10.0. The zero-order valence-corrected chi connectivity index (χ0v) is 21.2. The van der Waals surface area contributed by atoms with E-state index in [4.69, 9.17) is 28.9 Å². The lowest BCUT2D eigenvalue weighted by Gasteiger charge is -2.43. The molecule has 1 unspecified atom stereocenters. The average Bonchev–Trinajstić information content (AvgIpc) is 2.78. The molecule has 0 spiro atoms. The Balaban J connectivity index is 1.80. The number of carbonyl (C=O) groups excluding carboxylic acids is 1. The van der Waals surface area contributed by atoms with Gasteiger partial charge in [-0.1, -0.05) is 54.7 Å². The van der Waals surface area contributed by atoms with Gasteiger partial charge < -0.3 is 5.73 Å². The number of halogens is 2. The molecule has 0 fully saturated rings. The summed E-state index contributed by atoms with van der Waals surface area (Å²) in [6, 6.07) is 17.4. The largest absolute Gasteiger partial charge is 0.384 e. The maximum absolute atomic E-state index is 13.7. The Bertz CT molecular complexity index is 1500. The number of aryl methyl sites for hydroxylation is 1. The highest BCUT2D eigenvalue weighted by atomic mass is 35.5. The molecule has 0 saturated heterocycles. The van der Waals surface area contributed by atoms with E-state index in [1.807, 2.05) is 42.2 Å². The Labute approximate surface area is 214 Å². The number of carbonyl (C=O) groups is 1. The summed E-state index contributed by atoms with van der Waals surface area (Å²) in [6.45, 7) is 6.15. The lowest BCUT2D eigenvalue weighted by molar-refractivity contribution is -0.118. The third-order valence-corrected chi connectivity index (χ3v) is 7.28. The zero-order chi connectivity index (χ0) is 25.1. The second-order valence-corrected chi connectivity index (χ2v) is 10.8. The molecule has 1 aromatic heterocycles. The molecule has 0 radical (unpaired) electrons. The Morgan fingerprint density at radius 1 is 1.11 bits per heavy atom. The lowest BCUT2D eigenvalue weighted by Crippen LogP contribution is -2.42. The van der Waals surface area contributed by atoms with E-state index in [-0.39, 0.29) is 21.9 Å². The van der Waals surface area contributed by atoms with Crippen LogP contribution < -0.4 is 10.6 Å². The Hall–Kier alpha value is -3.33. The van der Waals surface area contributed by atoms with Crippen molar-refractivity contribution in [1.29, 1.82) is 5.26 Å². The number of nitrogens with zero attached hydrogens (tertiary/aromatic N) is 3. The zero-order valence-electron chi connectivity index (χ0n) is 19.7. The standard InChI is InChI=1S/C28H24Cl2N4O/c1-15-4-7-18(8-5-15)34-22-12-28(2,3)13-23(35)25(22)24(20(14-31)27(34)32)19-11-16-10-17(29)6-9-21(16)33-26(19)30/h4-11,24H,12-13,32H2,1-3H3. The van der Waals surface area contributed by atoms with E-state index >= 15 is 0 Å². The second kappa shape index (κ2) is 8.41. The quantitative estimate of drug-likeness (QED) is 0.390. The third-order valence-electron chi connectivity index (χ3n) is 6.74. The Morgan fingerprint density at radius 2 is 1.83 bits per heavy atom. The van der Waals surface area contributed by atoms with Gasteiger partial charge in [0.15, 0.2) is 5.78 Å². The highest BCUT2D eigenvalue weighted by Gasteiger charge is 2.45. The number of ketones is 1. The van der Waals surface area contributed by atoms with E-state index in [1.165, 1.54) is 0 Å². The predicted octanol–water partition coefficient (Wildman–Crippen LogP) is 6.79. The smallest absolute Gasteiger partial charge is 0.162 e. The van der Waals surface area contributed by atoms with Gasteiger partial charge >= 0.3 is 0 Å². The lowest BCUT2D eigenvalue weighted by atomic mass is 9.68. The van der Waals surface area contributed by atoms with Crippen molar-refractivity contribution >= 4 is 45.6 Å². The molecule has 2 aliphatic rings. The molecule has 0 bridgehead atoms. The molecule has 1 atom stereocenters. The highest BCUT2D eigenvalue weighted by molar-refractivity contribution is 6.32. The van der Waals surface area contributed by atoms with E-state index in [9.17, 15) is 10.1 Å². The van der Waals surface area contributed by atoms with Crippen LogP contribution in [0.2, 0.25) is 10.2 Å². The summed E-state index contributed by atoms with van der Waals surface area (Å²) >= 11 is 12.9. The summed E-state index contributed by atoms with van der Waals surface area (Å²) in [5, 5.41) is 11.9. The monoisotopic (exact) mass is 502 g/mol. The van der Waals surface area contributed by atoms with Crippen molar-refractivity contribution in [1.82, 2.24) is 4.98 Å². The first-order valence-corrected chi connectivity index (χ1v) is 12.1. The van der Waals surface area contributed by atoms with Gasteiger partial charge in [-0.05, 0) is 55.2 Å². The van der Waals surface area contributed by atoms with Crippen LogP contribution in [-0.2, 0) is 4.79 Å². The first kappa shape index (κ1) is 23.4. The van der Waals surface area contributed by atoms with Crippen LogP contribution >= 0.6 is 23.2 Å². The molecule has 2 heterocycles. The number of nitriles is 1. The van der Waals surface area contributed by atoms with Gasteiger partial charge in [-0.15, -0.1) is 0 Å². The van der Waals surface area contributed by atoms with Crippen molar-refractivity contribution < 1.29 is 4.79 Å². The number of hydrogen-bond donors (Lipinski definition) is 1. The van der Waals surface area contributed by atoms with Crippen LogP contribution in [0.3, 0.4) is 0 Å². The van der Waals surface area contributed by atoms with Gasteiger partial charge in [0.1, 0.15) is 11.0 Å². The van der Waals surface area contributed by atoms with Gasteiger partial charge in [-0.25, -0.2) is 4.98 Å². The fourth-order valence-corrected chi connectivity index (χ4v) is 5.59. The molecule has 3 aromatic rings. The molecule has 1 aliphatic carbocycles. The van der Waals surface area contributed by atoms with Crippen LogP contribution in [0.25, 0.3) is 10.9 Å². The van der Waals surface area contributed by atoms with Crippen molar-refractivity contribution in [2.75, 3.05) is 4.90 Å². The molecule has 35 heavy (non-hydrogen) atoms. The number of anilines is 1. The van der Waals surface area contributed by atoms with E-state index in [0.717, 1.165) is 22.3 Å². The van der Waals surface area contributed by atoms with Crippen molar-refractivity contribution in [3.63, 3.8) is 0 Å². The number of nitrogens with two attached hydrogens (primary N) is 1. The summed E-state index contributed by atoms with van der Waals surface area (Å²) in [5.41, 5.74) is 11.3. The van der Waals surface area contributed by atoms with Crippen LogP contribution in [0.4, 0.5) is 5.69 Å². The first-order valence-electron chi connectivity index (χ1n) is 11.4. The molecule has 5 nitrogen and oxygen atoms in total. The Morgan fingerprint density at radius 3 is 2.51 bits per heavy atom. The molecule has 0 amide bonds. The molecular formula is C28H24Cl2N4O. The molecule has 2 aromatic carbocycles. The SMILES string of the molecule is Cc1ccc(N2C(N)=C(C#N)C(c3cc4cc(Cl)ccc4nc3Cl)C3=C2CC(C)(C)CC3=O)cc1. The minimum atomic E-state index is -0.705. The molecule has 0 saturated carbocycles. The van der Waals surface area contributed by atoms with E-state index in [1.54, 1.807) is 18.2 Å². The van der Waals surface area contributed by atoms with Crippen LogP contribution in [0.5, 0.6) is 0 Å². The van der Waals surface area contributed by atoms with Gasteiger partial charge in [0.25, 0.3) is 0 Å². The number of allylic oxidation sites excluding steroid dienone is 3. The molecule has 5 rings (SSSR count). The summed E-state index contributed by atoms with van der Waals surface area (Å²) in [4.78, 5) is 20.1. The molecular weight excluding hydrogens is 479 g/mol. The van der Waals surface area contributed by atoms with Crippen molar-refractivity contribution in [3.05, 3.63) is 92.5 Å². The summed E-state index contributed by atoms with van der Waals surface area (Å²) in [6.07, 6.45) is 0.995. The van der Waals surface area contributed by atoms with Crippen LogP contribution in [0, 0.1) is 23.7 Å². The predicted molar refractivity (Wildman–Crippen MR) is 140 cm³/mol. The molecule has 1 aliphatic heterocycles. The van der Waals surface area contributed by atoms with Crippen molar-refractivity contribution in [3.8, 4) is 6.07 Å². The van der Waals surface area contributed by atoms with Crippen molar-refractivity contribution in [2.45, 2.75) is 39.5 Å². The van der Waals surface area contributed by atoms with E-state index in [2.05, 4.69) is 24.9 Å². The summed E-state index contributed by atoms with van der Waals surface area (Å²) < 4.78 is 0. The topological polar surface area (TPSA) is 83.0 Å². The number of hydrogen-bond acceptors (Lipinski definition) is 5. The fraction of sp³-hybridized carbons (Fsp3) is 0.250. The van der Waals surface area contributed by atoms with Crippen LogP contribution in [-0.4, -0.2) is 10.8 Å². The normalized spacial score (nSPS) is 19.7. The highest BCUT2D eigenvalue weighted by Crippen LogP contribution is 2.51. The average molecular weight is 503 g/mol. The maximum atomic E-state index is 13.7. The van der Waals surface area contributed by atoms with Gasteiger partial charge in [0.05, 0.1) is 23.1 Å². The fourth-order valence-electron chi connectivity index (χ4n) is 5.15. The third kappa shape index (κ3) is 3.97. The minimum Gasteiger partial charge on any atom is -0.384 e. The minimum absolute atomic E-state index is 0.0131. The first-order chi connectivity index (χ1) is 16.6. The maximum Gasteiger partial charge on any atom is 0.162 e. The number of fused-ring (bicyclic) bond motifs is 1. The molecule has 2 N–H and O–H groups in total. The van der Waals surface area contributed by atoms with Crippen molar-refractivity contribution in [2.24, 2.45) is 11.1 Å². The summed E-state index contributed by atoms with van der Waals surface area (Å²) in [7, 11) is 0. The number of pyridine rings is 1. The number of Topliss-reactive ketones (excluding diaryl/α,β-unsaturated/α-hetero) is 1. The van der Waals surface area contributed by atoms with E-state index in [0.29, 0.717) is 40.3 Å². The summed E-state index contributed by atoms with van der Waals surface area (Å²) in [5.74, 6) is -0.419. The van der Waals surface area contributed by atoms with Gasteiger partial charge in [0.2, 0.25) is 0 Å². The van der Waals surface area contributed by atoms with Crippen LogP contribution in [0.15, 0.2) is 71.2 Å². The van der Waals surface area contributed by atoms with E-state index < -0.39 is 5.92 Å². The van der Waals surface area contributed by atoms with Gasteiger partial charge in [-0.3, -0.25) is 9.69 Å². The number of rotatable bonds is 2. The molecule has 176 valence electrons. The Kier molecular flexibility index (Phi) is 5.62.